The van der Waals surface area contributed by atoms with Crippen LogP contribution in [0.3, 0.4) is 0 Å². The molecule has 1 heterocycles. The van der Waals surface area contributed by atoms with Crippen LogP contribution in [0, 0.1) is 5.92 Å². The molecule has 1 rings (SSSR count). The summed E-state index contributed by atoms with van der Waals surface area (Å²) >= 11 is 0. The molecule has 0 spiro atoms. The number of carbonyl (C=O) groups excluding carboxylic acids is 2. The molecule has 0 amide bonds. The van der Waals surface area contributed by atoms with Crippen LogP contribution in [0.2, 0.25) is 0 Å². The minimum Gasteiger partial charge on any atom is -0.462 e. The fraction of sp³-hybridized carbons (Fsp3) is 0.892. The van der Waals surface area contributed by atoms with E-state index in [2.05, 4.69) is 32.9 Å². The number of aliphatic hydroxyl groups is 1. The van der Waals surface area contributed by atoms with Gasteiger partial charge in [0.1, 0.15) is 6.61 Å². The van der Waals surface area contributed by atoms with E-state index in [0.717, 1.165) is 63.7 Å². The van der Waals surface area contributed by atoms with Crippen LogP contribution in [0.5, 0.6) is 0 Å². The summed E-state index contributed by atoms with van der Waals surface area (Å²) in [6.45, 7) is 6.41. The van der Waals surface area contributed by atoms with Crippen LogP contribution in [0.15, 0.2) is 12.2 Å². The van der Waals surface area contributed by atoms with Crippen molar-refractivity contribution in [1.82, 2.24) is 0 Å². The second-order valence-corrected chi connectivity index (χ2v) is 13.2. The Kier molecular flexibility index (Phi) is 25.9. The maximum Gasteiger partial charge on any atom is 0.306 e. The second-order valence-electron chi connectivity index (χ2n) is 13.2. The van der Waals surface area contributed by atoms with Gasteiger partial charge in [-0.3, -0.25) is 9.59 Å². The van der Waals surface area contributed by atoms with Gasteiger partial charge in [0.05, 0.1) is 18.8 Å². The molecule has 3 atom stereocenters. The third-order valence-corrected chi connectivity index (χ3v) is 8.41. The summed E-state index contributed by atoms with van der Waals surface area (Å²) in [5.41, 5.74) is 0. The van der Waals surface area contributed by atoms with E-state index in [1.165, 1.54) is 83.5 Å². The second kappa shape index (κ2) is 28.1. The van der Waals surface area contributed by atoms with Gasteiger partial charge in [-0.2, -0.15) is 0 Å². The number of ether oxygens (including phenoxy) is 3. The van der Waals surface area contributed by atoms with E-state index in [4.69, 9.17) is 14.2 Å². The summed E-state index contributed by atoms with van der Waals surface area (Å²) in [6, 6.07) is 0. The van der Waals surface area contributed by atoms with Gasteiger partial charge in [-0.25, -0.2) is 0 Å². The molecule has 6 nitrogen and oxygen atoms in total. The lowest BCUT2D eigenvalue weighted by molar-refractivity contribution is -0.161. The molecule has 0 radical (unpaired) electrons. The quantitative estimate of drug-likeness (QED) is 0.0365. The predicted molar refractivity (Wildman–Crippen MR) is 177 cm³/mol. The Labute approximate surface area is 265 Å². The Balaban J connectivity index is 1.90. The minimum atomic E-state index is -0.776. The molecule has 1 aliphatic heterocycles. The number of carbonyl (C=O) groups is 2. The predicted octanol–water partition coefficient (Wildman–Crippen LogP) is 9.80. The molecule has 0 saturated carbocycles. The average Bonchev–Trinajstić information content (AvgIpc) is 3.74. The van der Waals surface area contributed by atoms with Crippen LogP contribution in [0.4, 0.5) is 0 Å². The molecule has 0 bridgehead atoms. The van der Waals surface area contributed by atoms with Crippen LogP contribution < -0.4 is 0 Å². The minimum absolute atomic E-state index is 0.0744. The summed E-state index contributed by atoms with van der Waals surface area (Å²) < 4.78 is 16.4. The lowest BCUT2D eigenvalue weighted by Gasteiger charge is -2.15. The van der Waals surface area contributed by atoms with Gasteiger partial charge in [0.2, 0.25) is 0 Å². The molecule has 0 aromatic carbocycles. The highest BCUT2D eigenvalue weighted by Gasteiger charge is 2.36. The molecule has 1 fully saturated rings. The van der Waals surface area contributed by atoms with Gasteiger partial charge in [0.25, 0.3) is 0 Å². The highest BCUT2D eigenvalue weighted by molar-refractivity contribution is 5.70. The monoisotopic (exact) mass is 609 g/mol. The van der Waals surface area contributed by atoms with Crippen molar-refractivity contribution >= 4 is 11.9 Å². The SMILES string of the molecule is CCCCC/C=C\CC1OC1CCCCCCCC(=O)OC[C@H](CO)OC(=O)CCCCCCCCCCCCC(C)C. The average molecular weight is 609 g/mol. The van der Waals surface area contributed by atoms with Crippen molar-refractivity contribution in [2.24, 2.45) is 5.92 Å². The molecule has 2 unspecified atom stereocenters. The van der Waals surface area contributed by atoms with Crippen molar-refractivity contribution in [2.45, 2.75) is 193 Å². The first-order chi connectivity index (χ1) is 21.0. The smallest absolute Gasteiger partial charge is 0.306 e. The van der Waals surface area contributed by atoms with Crippen molar-refractivity contribution in [3.8, 4) is 0 Å². The molecule has 6 heteroatoms. The van der Waals surface area contributed by atoms with Gasteiger partial charge >= 0.3 is 11.9 Å². The standard InChI is InChI=1S/C37H68O6/c1-4-5-6-7-16-21-26-34-35(43-34)27-22-17-14-19-23-28-36(39)41-31-33(30-38)42-37(40)29-24-18-13-11-9-8-10-12-15-20-25-32(2)3/h16,21,32-35,38H,4-15,17-20,22-31H2,1-3H3/b21-16-/t33-,34?,35?/m0/s1. The van der Waals surface area contributed by atoms with E-state index in [1.807, 2.05) is 0 Å². The number of hydrogen-bond donors (Lipinski definition) is 1. The van der Waals surface area contributed by atoms with E-state index >= 15 is 0 Å². The molecule has 1 aliphatic rings. The van der Waals surface area contributed by atoms with E-state index in [-0.39, 0.29) is 25.2 Å². The number of hydrogen-bond acceptors (Lipinski definition) is 6. The van der Waals surface area contributed by atoms with E-state index < -0.39 is 6.10 Å². The summed E-state index contributed by atoms with van der Waals surface area (Å²) in [6.07, 6.45) is 31.5. The normalized spacial score (nSPS) is 17.0. The van der Waals surface area contributed by atoms with Gasteiger partial charge in [0, 0.05) is 12.8 Å². The Morgan fingerprint density at radius 2 is 1.30 bits per heavy atom. The molecule has 43 heavy (non-hydrogen) atoms. The van der Waals surface area contributed by atoms with Crippen molar-refractivity contribution in [2.75, 3.05) is 13.2 Å². The zero-order chi connectivity index (χ0) is 31.4. The van der Waals surface area contributed by atoms with Crippen molar-refractivity contribution in [3.05, 3.63) is 12.2 Å². The van der Waals surface area contributed by atoms with Crippen molar-refractivity contribution < 1.29 is 28.9 Å². The molecular weight excluding hydrogens is 540 g/mol. The summed E-state index contributed by atoms with van der Waals surface area (Å²) in [5.74, 6) is 0.212. The van der Waals surface area contributed by atoms with E-state index in [0.29, 0.717) is 25.0 Å². The lowest BCUT2D eigenvalue weighted by Crippen LogP contribution is -2.28. The highest BCUT2D eigenvalue weighted by atomic mass is 16.6. The third kappa shape index (κ3) is 25.6. The maximum absolute atomic E-state index is 12.1. The van der Waals surface area contributed by atoms with Crippen LogP contribution in [0.25, 0.3) is 0 Å². The van der Waals surface area contributed by atoms with Crippen molar-refractivity contribution in [3.63, 3.8) is 0 Å². The molecular formula is C37H68O6. The topological polar surface area (TPSA) is 85.4 Å². The first-order valence-electron chi connectivity index (χ1n) is 18.2. The molecule has 1 N–H and O–H groups in total. The molecule has 0 aromatic rings. The summed E-state index contributed by atoms with van der Waals surface area (Å²) in [7, 11) is 0. The zero-order valence-electron chi connectivity index (χ0n) is 28.3. The first-order valence-corrected chi connectivity index (χ1v) is 18.2. The molecule has 252 valence electrons. The zero-order valence-corrected chi connectivity index (χ0v) is 28.3. The maximum atomic E-state index is 12.1. The third-order valence-electron chi connectivity index (χ3n) is 8.41. The Morgan fingerprint density at radius 3 is 1.91 bits per heavy atom. The Hall–Kier alpha value is -1.40. The Bertz CT molecular complexity index is 691. The fourth-order valence-electron chi connectivity index (χ4n) is 5.51. The van der Waals surface area contributed by atoms with Crippen LogP contribution >= 0.6 is 0 Å². The number of esters is 2. The first kappa shape index (κ1) is 39.6. The van der Waals surface area contributed by atoms with Crippen LogP contribution in [0.1, 0.15) is 175 Å². The van der Waals surface area contributed by atoms with E-state index in [9.17, 15) is 14.7 Å². The van der Waals surface area contributed by atoms with Gasteiger partial charge in [-0.05, 0) is 44.4 Å². The summed E-state index contributed by atoms with van der Waals surface area (Å²) in [4.78, 5) is 24.2. The van der Waals surface area contributed by atoms with Crippen LogP contribution in [-0.4, -0.2) is 48.6 Å². The van der Waals surface area contributed by atoms with E-state index in [1.54, 1.807) is 0 Å². The van der Waals surface area contributed by atoms with Gasteiger partial charge in [0.15, 0.2) is 6.10 Å². The summed E-state index contributed by atoms with van der Waals surface area (Å²) in [5, 5.41) is 9.53. The number of allylic oxidation sites excluding steroid dienone is 1. The highest BCUT2D eigenvalue weighted by Crippen LogP contribution is 2.30. The number of aliphatic hydroxyl groups excluding tert-OH is 1. The van der Waals surface area contributed by atoms with Gasteiger partial charge < -0.3 is 19.3 Å². The van der Waals surface area contributed by atoms with Gasteiger partial charge in [-0.1, -0.05) is 136 Å². The fourth-order valence-corrected chi connectivity index (χ4v) is 5.51. The molecule has 1 saturated heterocycles. The van der Waals surface area contributed by atoms with Gasteiger partial charge in [-0.15, -0.1) is 0 Å². The largest absolute Gasteiger partial charge is 0.462 e. The Morgan fingerprint density at radius 1 is 0.721 bits per heavy atom. The van der Waals surface area contributed by atoms with Crippen LogP contribution in [-0.2, 0) is 23.8 Å². The van der Waals surface area contributed by atoms with Crippen molar-refractivity contribution in [1.29, 1.82) is 0 Å². The number of epoxide rings is 1. The lowest BCUT2D eigenvalue weighted by atomic mass is 10.0. The number of rotatable bonds is 31. The number of unbranched alkanes of at least 4 members (excludes halogenated alkanes) is 16. The molecule has 0 aliphatic carbocycles. The molecule has 0 aromatic heterocycles.